The number of rotatable bonds is 10. The zero-order valence-electron chi connectivity index (χ0n) is 58.5. The second-order valence-electron chi connectivity index (χ2n) is 23.4. The van der Waals surface area contributed by atoms with Crippen molar-refractivity contribution in [3.63, 3.8) is 0 Å². The molecule has 0 saturated heterocycles. The van der Waals surface area contributed by atoms with Crippen LogP contribution in [0.4, 0.5) is 40.8 Å². The number of aromatic hydroxyl groups is 4. The summed E-state index contributed by atoms with van der Waals surface area (Å²) in [7, 11) is 0. The number of nitrogens with zero attached hydrogens (tertiary/aromatic N) is 13. The maximum atomic E-state index is 14.3. The lowest BCUT2D eigenvalue weighted by Crippen LogP contribution is -2.34. The maximum absolute atomic E-state index is 14.3. The lowest BCUT2D eigenvalue weighted by atomic mass is 10.0. The van der Waals surface area contributed by atoms with E-state index in [9.17, 15) is 73.4 Å². The van der Waals surface area contributed by atoms with Crippen LogP contribution in [0.3, 0.4) is 0 Å². The van der Waals surface area contributed by atoms with E-state index < -0.39 is 23.3 Å². The molecular weight excluding hydrogens is 1580 g/mol. The van der Waals surface area contributed by atoms with Gasteiger partial charge in [0, 0.05) is 75.0 Å². The summed E-state index contributed by atoms with van der Waals surface area (Å²) in [5, 5.41) is 127. The van der Waals surface area contributed by atoms with Crippen LogP contribution in [-0.4, -0.2) is 113 Å². The van der Waals surface area contributed by atoms with Gasteiger partial charge in [0.05, 0.1) is 66.6 Å². The fraction of sp³-hybridized carbons (Fsp3) is 0. The minimum atomic E-state index is -0.717. The van der Waals surface area contributed by atoms with E-state index in [1.165, 1.54) is 72.8 Å². The molecule has 8 heterocycles. The number of anilines is 4. The van der Waals surface area contributed by atoms with Crippen molar-refractivity contribution < 1.29 is 52.4 Å². The Hall–Kier alpha value is -16.4. The van der Waals surface area contributed by atoms with Crippen LogP contribution < -0.4 is 38.1 Å². The van der Waals surface area contributed by atoms with Crippen LogP contribution in [0.15, 0.2) is 188 Å². The number of thiocarbonyl (C=S) groups is 3. The predicted octanol–water partition coefficient (Wildman–Crippen LogP) is 12.9. The largest absolute Gasteiger partial charge is 0.508 e. The molecule has 0 unspecified atom stereocenters. The molecule has 15 rings (SSSR count). The number of H-pyrrole nitrogens is 4. The molecule has 0 aliphatic heterocycles. The van der Waals surface area contributed by atoms with E-state index in [-0.39, 0.29) is 145 Å². The number of carbonyl (C=O) groups excluding carboxylic acids is 3. The molecule has 0 atom stereocenters. The van der Waals surface area contributed by atoms with Gasteiger partial charge < -0.3 is 47.8 Å². The van der Waals surface area contributed by atoms with Crippen molar-refractivity contribution in [2.75, 3.05) is 21.7 Å². The van der Waals surface area contributed by atoms with Gasteiger partial charge in [-0.25, -0.2) is 37.5 Å². The normalized spacial score (nSPS) is 10.3. The monoisotopic (exact) mass is 1620 g/mol. The highest BCUT2D eigenvalue weighted by Gasteiger charge is 2.23. The first kappa shape index (κ1) is 80.6. The summed E-state index contributed by atoms with van der Waals surface area (Å²) in [6.45, 7) is 0. The van der Waals surface area contributed by atoms with Crippen LogP contribution in [0.1, 0.15) is 53.3 Å². The van der Waals surface area contributed by atoms with Crippen LogP contribution >= 0.6 is 48.4 Å². The Kier molecular flexibility index (Phi) is 25.3. The van der Waals surface area contributed by atoms with E-state index in [2.05, 4.69) is 87.3 Å². The van der Waals surface area contributed by atoms with Crippen molar-refractivity contribution in [1.29, 1.82) is 26.3 Å². The average molecular weight is 1630 g/mol. The van der Waals surface area contributed by atoms with Gasteiger partial charge in [-0.2, -0.15) is 46.7 Å². The second kappa shape index (κ2) is 36.4. The van der Waals surface area contributed by atoms with Gasteiger partial charge in [-0.3, -0.25) is 45.4 Å². The quantitative estimate of drug-likeness (QED) is 0.0343. The van der Waals surface area contributed by atoms with Gasteiger partial charge in [-0.15, -0.1) is 0 Å². The maximum Gasteiger partial charge on any atom is 0.257 e. The van der Waals surface area contributed by atoms with Crippen LogP contribution in [0.2, 0.25) is 0 Å². The number of hydrogen-bond acceptors (Lipinski definition) is 25. The van der Waals surface area contributed by atoms with E-state index in [0.717, 1.165) is 24.3 Å². The Morgan fingerprint density at radius 3 is 1.03 bits per heavy atom. The summed E-state index contributed by atoms with van der Waals surface area (Å²) in [6.07, 6.45) is 0. The van der Waals surface area contributed by atoms with Crippen molar-refractivity contribution in [3.05, 3.63) is 250 Å². The van der Waals surface area contributed by atoms with E-state index in [4.69, 9.17) is 53.4 Å². The van der Waals surface area contributed by atoms with Crippen LogP contribution in [-0.2, 0) is 0 Å². The number of aromatic nitrogens is 12. The molecule has 7 aromatic carbocycles. The molecule has 2 amide bonds. The average Bonchev–Trinajstić information content (AvgIpc) is 1.56. The minimum Gasteiger partial charge on any atom is -0.508 e. The number of benzene rings is 7. The number of aromatic amines is 4. The Bertz CT molecular complexity index is 6410. The third kappa shape index (κ3) is 19.1. The molecule has 0 saturated carbocycles. The van der Waals surface area contributed by atoms with Gasteiger partial charge in [0.2, 0.25) is 5.12 Å². The number of fused-ring (bicyclic) bond motifs is 4. The number of nitrogens with one attached hydrogen (secondary N) is 9. The zero-order valence-corrected chi connectivity index (χ0v) is 61.8. The summed E-state index contributed by atoms with van der Waals surface area (Å²) in [5.74, 6) is -3.34. The van der Waals surface area contributed by atoms with Crippen molar-refractivity contribution >= 4 is 148 Å². The SMILES string of the molecule is N#CSC(=O)c1ccccc1.N#Cc1cc2c(N)[nH]nc2nc1-c1ccc(O)cc1F.N#Cc1cc2c(NC(=S)NC(=O)c3ccccc3)n[nH]c2nc1-c1ccc(O)cc1F.N#Cc1cc2c(NC(=S)NC(=O)c3ccccc3)n[nH]c2nc1-c1ccc(O)cc1F.N#Cc1cc2c(NC(N)=S)n[nH]c2nc1-c1ccc(O)cc1F. The van der Waals surface area contributed by atoms with Gasteiger partial charge in [0.15, 0.2) is 55.4 Å². The fourth-order valence-corrected chi connectivity index (χ4v) is 11.4. The Morgan fingerprint density at radius 1 is 0.405 bits per heavy atom. The number of carbonyl (C=O) groups is 3. The summed E-state index contributed by atoms with van der Waals surface area (Å²) in [6, 6.07) is 54.2. The van der Waals surface area contributed by atoms with E-state index in [0.29, 0.717) is 72.9 Å². The molecular formula is C77H48F4N24O7S4. The summed E-state index contributed by atoms with van der Waals surface area (Å²) < 4.78 is 56.5. The highest BCUT2D eigenvalue weighted by molar-refractivity contribution is 8.18. The number of hydrogen-bond donors (Lipinski definition) is 15. The molecule has 570 valence electrons. The minimum absolute atomic E-state index is 0.00872. The molecule has 0 bridgehead atoms. The van der Waals surface area contributed by atoms with E-state index in [1.807, 2.05) is 30.3 Å². The van der Waals surface area contributed by atoms with Gasteiger partial charge in [-0.05, 0) is 134 Å². The van der Waals surface area contributed by atoms with Gasteiger partial charge >= 0.3 is 0 Å². The van der Waals surface area contributed by atoms with Crippen molar-refractivity contribution in [1.82, 2.24) is 71.4 Å². The number of nitrogen functional groups attached to an aromatic ring is 1. The predicted molar refractivity (Wildman–Crippen MR) is 432 cm³/mol. The molecule has 31 nitrogen and oxygen atoms in total. The summed E-state index contributed by atoms with van der Waals surface area (Å²) in [4.78, 5) is 52.5. The van der Waals surface area contributed by atoms with Gasteiger partial charge in [0.25, 0.3) is 11.8 Å². The molecule has 0 aliphatic carbocycles. The van der Waals surface area contributed by atoms with Gasteiger partial charge in [-0.1, -0.05) is 66.7 Å². The lowest BCUT2D eigenvalue weighted by molar-refractivity contribution is 0.0969. The van der Waals surface area contributed by atoms with E-state index in [1.54, 1.807) is 90.3 Å². The van der Waals surface area contributed by atoms with Crippen molar-refractivity contribution in [3.8, 4) is 97.7 Å². The van der Waals surface area contributed by atoms with Crippen LogP contribution in [0.5, 0.6) is 23.0 Å². The first-order valence-corrected chi connectivity index (χ1v) is 34.8. The molecule has 39 heteroatoms. The van der Waals surface area contributed by atoms with Crippen LogP contribution in [0.25, 0.3) is 89.2 Å². The number of thiocyanates is 1. The van der Waals surface area contributed by atoms with Gasteiger partial charge in [0.1, 0.15) is 81.8 Å². The summed E-state index contributed by atoms with van der Waals surface area (Å²) >= 11 is 15.8. The molecule has 0 spiro atoms. The highest BCUT2D eigenvalue weighted by Crippen LogP contribution is 2.36. The first-order valence-electron chi connectivity index (χ1n) is 32.8. The number of pyridine rings is 4. The molecule has 0 aliphatic rings. The number of phenols is 4. The van der Waals surface area contributed by atoms with Crippen molar-refractivity contribution in [2.24, 2.45) is 5.73 Å². The molecule has 8 aromatic heterocycles. The highest BCUT2D eigenvalue weighted by atomic mass is 32.2. The zero-order chi connectivity index (χ0) is 82.9. The number of nitrogens with two attached hydrogens (primary N) is 2. The molecule has 116 heavy (non-hydrogen) atoms. The number of halogens is 4. The third-order valence-corrected chi connectivity index (χ3v) is 16.9. The number of amides is 2. The second-order valence-corrected chi connectivity index (χ2v) is 25.5. The molecule has 0 fully saturated rings. The number of thioether (sulfide) groups is 1. The Balaban J connectivity index is 0.000000147. The molecule has 0 radical (unpaired) electrons. The van der Waals surface area contributed by atoms with Crippen molar-refractivity contribution in [2.45, 2.75) is 0 Å². The third-order valence-electron chi connectivity index (χ3n) is 15.9. The Morgan fingerprint density at radius 2 is 0.716 bits per heavy atom. The topological polar surface area (TPSA) is 530 Å². The standard InChI is InChI=1S/2C21H13FN6O2S.C14H9FN6OS.C13H8FN5O.C8H5NOS/c2*22-16-9-13(29)6-7-14(16)17-12(10-23)8-15-18(24-17)27-28-19(15)25-21(31)26-20(30)11-4-2-1-3-5-11;15-10-4-7(22)1-2-8(10)11-6(5-16)3-9-12(18-11)20-21-13(9)19-14(17)23;14-10-4-7(20)1-2-8(10)11-6(5-15)3-9-12(16)18-19-13(9)17-11;9-6-11-8(10)7-4-2-1-3-5-7/h2*1-9,29H,(H3,24,25,26,27,28,30,31);1-4,22H,(H4,17,18,19,20,21,23);1-4,20H,(H3,16,17,18,19);1-5H. The number of phenolic OH excluding ortho intramolecular Hbond substituents is 4. The molecule has 15 aromatic rings. The first-order chi connectivity index (χ1) is 55.8. The number of nitriles is 5. The van der Waals surface area contributed by atoms with E-state index >= 15 is 0 Å². The summed E-state index contributed by atoms with van der Waals surface area (Å²) in [5.41, 5.74) is 15.1. The van der Waals surface area contributed by atoms with Crippen LogP contribution in [0, 0.1) is 79.3 Å². The Labute approximate surface area is 669 Å². The smallest absolute Gasteiger partial charge is 0.257 e. The fourth-order valence-electron chi connectivity index (χ4n) is 10.6. The lowest BCUT2D eigenvalue weighted by Gasteiger charge is -2.08. The molecule has 17 N–H and O–H groups in total.